The Labute approximate surface area is 139 Å². The quantitative estimate of drug-likeness (QED) is 0.799. The monoisotopic (exact) mass is 340 g/mol. The van der Waals surface area contributed by atoms with Gasteiger partial charge in [-0.05, 0) is 24.3 Å². The molecule has 3 nitrogen and oxygen atoms in total. The highest BCUT2D eigenvalue weighted by molar-refractivity contribution is 7.80. The second-order valence-corrected chi connectivity index (χ2v) is 5.56. The molecule has 0 bridgehead atoms. The molecule has 0 heterocycles. The first kappa shape index (κ1) is 15.9. The lowest BCUT2D eigenvalue weighted by molar-refractivity contribution is 0.410. The first-order valence-electron chi connectivity index (χ1n) is 6.18. The molecule has 3 N–H and O–H groups in total. The maximum absolute atomic E-state index is 6.21. The number of thiocarbonyl (C=S) groups is 1. The molecule has 0 amide bonds. The normalized spacial score (nSPS) is 10.2. The third-order valence-electron chi connectivity index (χ3n) is 3.01. The first-order valence-corrected chi connectivity index (χ1v) is 7.34. The van der Waals surface area contributed by atoms with Gasteiger partial charge in [0.2, 0.25) is 0 Å². The number of ether oxygens (including phenoxy) is 1. The minimum absolute atomic E-state index is 0.245. The molecule has 0 fully saturated rings. The van der Waals surface area contributed by atoms with Gasteiger partial charge in [0, 0.05) is 22.8 Å². The second kappa shape index (κ2) is 6.98. The Morgan fingerprint density at radius 2 is 1.86 bits per heavy atom. The summed E-state index contributed by atoms with van der Waals surface area (Å²) in [7, 11) is 1.61. The molecule has 0 radical (unpaired) electrons. The molecule has 6 heteroatoms. The van der Waals surface area contributed by atoms with Gasteiger partial charge in [0.15, 0.2) is 0 Å². The van der Waals surface area contributed by atoms with Gasteiger partial charge in [-0.1, -0.05) is 47.6 Å². The van der Waals surface area contributed by atoms with Gasteiger partial charge in [0.25, 0.3) is 0 Å². The van der Waals surface area contributed by atoms with E-state index in [0.29, 0.717) is 27.9 Å². The number of nitrogens with two attached hydrogens (primary N) is 1. The zero-order chi connectivity index (χ0) is 15.4. The summed E-state index contributed by atoms with van der Waals surface area (Å²) in [6.07, 6.45) is 0. The van der Waals surface area contributed by atoms with Gasteiger partial charge < -0.3 is 15.8 Å². The molecule has 110 valence electrons. The molecule has 0 saturated carbocycles. The van der Waals surface area contributed by atoms with Gasteiger partial charge in [0.05, 0.1) is 17.7 Å². The number of halogens is 2. The van der Waals surface area contributed by atoms with Crippen LogP contribution >= 0.6 is 35.4 Å². The highest BCUT2D eigenvalue weighted by atomic mass is 35.5. The van der Waals surface area contributed by atoms with Crippen LogP contribution in [0.25, 0.3) is 0 Å². The summed E-state index contributed by atoms with van der Waals surface area (Å²) in [5.74, 6) is 0.717. The molecule has 0 unspecified atom stereocenters. The van der Waals surface area contributed by atoms with Crippen molar-refractivity contribution >= 4 is 46.1 Å². The molecular weight excluding hydrogens is 327 g/mol. The molecule has 0 aliphatic carbocycles. The molecule has 21 heavy (non-hydrogen) atoms. The third-order valence-corrected chi connectivity index (χ3v) is 3.88. The maximum Gasteiger partial charge on any atom is 0.125 e. The van der Waals surface area contributed by atoms with Gasteiger partial charge in [0.1, 0.15) is 10.7 Å². The summed E-state index contributed by atoms with van der Waals surface area (Å²) >= 11 is 17.4. The van der Waals surface area contributed by atoms with Crippen molar-refractivity contribution in [2.75, 3.05) is 12.4 Å². The predicted molar refractivity (Wildman–Crippen MR) is 92.7 cm³/mol. The number of nitrogens with one attached hydrogen (secondary N) is 1. The van der Waals surface area contributed by atoms with Crippen molar-refractivity contribution in [2.24, 2.45) is 5.73 Å². The SMILES string of the molecule is COc1cccc(Cl)c1CNc1cccc(Cl)c1C(N)=S. The number of rotatable bonds is 5. The Bertz CT molecular complexity index is 677. The third kappa shape index (κ3) is 3.59. The van der Waals surface area contributed by atoms with E-state index in [2.05, 4.69) is 5.32 Å². The van der Waals surface area contributed by atoms with Crippen LogP contribution in [-0.4, -0.2) is 12.1 Å². The summed E-state index contributed by atoms with van der Waals surface area (Å²) < 4.78 is 5.32. The van der Waals surface area contributed by atoms with Crippen LogP contribution < -0.4 is 15.8 Å². The van der Waals surface area contributed by atoms with E-state index in [1.807, 2.05) is 30.3 Å². The van der Waals surface area contributed by atoms with Crippen LogP contribution in [0.5, 0.6) is 5.75 Å². The Balaban J connectivity index is 2.29. The van der Waals surface area contributed by atoms with Crippen molar-refractivity contribution in [3.8, 4) is 5.75 Å². The van der Waals surface area contributed by atoms with E-state index in [9.17, 15) is 0 Å². The van der Waals surface area contributed by atoms with Crippen molar-refractivity contribution in [3.05, 3.63) is 57.6 Å². The fourth-order valence-corrected chi connectivity index (χ4v) is 2.79. The highest BCUT2D eigenvalue weighted by Gasteiger charge is 2.12. The maximum atomic E-state index is 6.21. The predicted octanol–water partition coefficient (Wildman–Crippen LogP) is 4.25. The van der Waals surface area contributed by atoms with Gasteiger partial charge in [-0.2, -0.15) is 0 Å². The minimum Gasteiger partial charge on any atom is -0.496 e. The Hall–Kier alpha value is -1.49. The minimum atomic E-state index is 0.245. The molecule has 0 saturated heterocycles. The zero-order valence-electron chi connectivity index (χ0n) is 11.3. The fraction of sp³-hybridized carbons (Fsp3) is 0.133. The lowest BCUT2D eigenvalue weighted by Gasteiger charge is -2.15. The van der Waals surface area contributed by atoms with Gasteiger partial charge in [-0.15, -0.1) is 0 Å². The van der Waals surface area contributed by atoms with Crippen molar-refractivity contribution < 1.29 is 4.74 Å². The van der Waals surface area contributed by atoms with Crippen molar-refractivity contribution in [3.63, 3.8) is 0 Å². The number of hydrogen-bond acceptors (Lipinski definition) is 3. The van der Waals surface area contributed by atoms with Crippen molar-refractivity contribution in [1.82, 2.24) is 0 Å². The zero-order valence-corrected chi connectivity index (χ0v) is 13.6. The van der Waals surface area contributed by atoms with Crippen LogP contribution in [0.3, 0.4) is 0 Å². The van der Waals surface area contributed by atoms with Crippen LogP contribution in [-0.2, 0) is 6.54 Å². The highest BCUT2D eigenvalue weighted by Crippen LogP contribution is 2.29. The summed E-state index contributed by atoms with van der Waals surface area (Å²) in [5.41, 5.74) is 7.97. The molecule has 2 aromatic carbocycles. The Morgan fingerprint density at radius 1 is 1.19 bits per heavy atom. The fourth-order valence-electron chi connectivity index (χ4n) is 2.01. The summed E-state index contributed by atoms with van der Waals surface area (Å²) in [6, 6.07) is 10.9. The van der Waals surface area contributed by atoms with Gasteiger partial charge >= 0.3 is 0 Å². The van der Waals surface area contributed by atoms with E-state index in [-0.39, 0.29) is 4.99 Å². The van der Waals surface area contributed by atoms with Crippen LogP contribution in [0.2, 0.25) is 10.0 Å². The van der Waals surface area contributed by atoms with E-state index in [0.717, 1.165) is 11.3 Å². The Morgan fingerprint density at radius 3 is 2.52 bits per heavy atom. The van der Waals surface area contributed by atoms with Crippen molar-refractivity contribution in [1.29, 1.82) is 0 Å². The van der Waals surface area contributed by atoms with Crippen molar-refractivity contribution in [2.45, 2.75) is 6.54 Å². The molecular formula is C15H14Cl2N2OS. The standard InChI is InChI=1S/C15H14Cl2N2OS/c1-20-13-7-3-4-10(16)9(13)8-19-12-6-2-5-11(17)14(12)15(18)21/h2-7,19H,8H2,1H3,(H2,18,21). The summed E-state index contributed by atoms with van der Waals surface area (Å²) in [5, 5.41) is 4.39. The van der Waals surface area contributed by atoms with E-state index in [1.165, 1.54) is 0 Å². The van der Waals surface area contributed by atoms with E-state index in [1.54, 1.807) is 13.2 Å². The summed E-state index contributed by atoms with van der Waals surface area (Å²) in [6.45, 7) is 0.471. The van der Waals surface area contributed by atoms with Crippen LogP contribution in [0, 0.1) is 0 Å². The molecule has 0 aliphatic rings. The van der Waals surface area contributed by atoms with E-state index in [4.69, 9.17) is 45.9 Å². The van der Waals surface area contributed by atoms with Crippen LogP contribution in [0.4, 0.5) is 5.69 Å². The molecule has 0 atom stereocenters. The lowest BCUT2D eigenvalue weighted by atomic mass is 10.1. The molecule has 2 rings (SSSR count). The number of hydrogen-bond donors (Lipinski definition) is 2. The lowest BCUT2D eigenvalue weighted by Crippen LogP contribution is -2.14. The van der Waals surface area contributed by atoms with Gasteiger partial charge in [-0.25, -0.2) is 0 Å². The largest absolute Gasteiger partial charge is 0.496 e. The first-order chi connectivity index (χ1) is 10.0. The topological polar surface area (TPSA) is 47.3 Å². The van der Waals surface area contributed by atoms with Gasteiger partial charge in [-0.3, -0.25) is 0 Å². The molecule has 0 aromatic heterocycles. The van der Waals surface area contributed by atoms with Crippen LogP contribution in [0.1, 0.15) is 11.1 Å². The number of benzene rings is 2. The average molecular weight is 341 g/mol. The van der Waals surface area contributed by atoms with Crippen LogP contribution in [0.15, 0.2) is 36.4 Å². The molecule has 0 spiro atoms. The second-order valence-electron chi connectivity index (χ2n) is 4.30. The number of anilines is 1. The average Bonchev–Trinajstić information content (AvgIpc) is 2.45. The summed E-state index contributed by atoms with van der Waals surface area (Å²) in [4.78, 5) is 0.245. The van der Waals surface area contributed by atoms with E-state index >= 15 is 0 Å². The molecule has 2 aromatic rings. The van der Waals surface area contributed by atoms with E-state index < -0.39 is 0 Å². The number of methoxy groups -OCH3 is 1. The molecule has 0 aliphatic heterocycles. The smallest absolute Gasteiger partial charge is 0.125 e. The Kier molecular flexibility index (Phi) is 5.28.